The Morgan fingerprint density at radius 2 is 1.72 bits per heavy atom. The summed E-state index contributed by atoms with van der Waals surface area (Å²) >= 11 is 0. The van der Waals surface area contributed by atoms with E-state index in [0.717, 1.165) is 43.0 Å². The van der Waals surface area contributed by atoms with Gasteiger partial charge in [0.05, 0.1) is 12.6 Å². The second-order valence-corrected chi connectivity index (χ2v) is 12.8. The summed E-state index contributed by atoms with van der Waals surface area (Å²) in [4.78, 5) is 22.0. The lowest BCUT2D eigenvalue weighted by Crippen LogP contribution is -2.44. The molecule has 0 saturated carbocycles. The minimum absolute atomic E-state index is 0.173. The maximum absolute atomic E-state index is 12.2. The van der Waals surface area contributed by atoms with Gasteiger partial charge >= 0.3 is 6.03 Å². The van der Waals surface area contributed by atoms with Crippen molar-refractivity contribution in [2.75, 3.05) is 58.3 Å². The number of hydrogen-bond donors (Lipinski definition) is 2. The summed E-state index contributed by atoms with van der Waals surface area (Å²) in [7, 11) is 1.65. The zero-order valence-electron chi connectivity index (χ0n) is 26.2. The Bertz CT molecular complexity index is 1340. The normalized spacial score (nSPS) is 16.7. The highest BCUT2D eigenvalue weighted by Gasteiger charge is 2.26. The SMILES string of the molecule is COc1cc2c(Oc3ccc(NC(=O)NCCC(C)(C)C)cc3)ccnc2cc1OCCN1CCC(N2CCCC2)CC1. The molecule has 43 heavy (non-hydrogen) atoms. The third-order valence-corrected chi connectivity index (χ3v) is 8.37. The molecule has 2 saturated heterocycles. The number of aromatic nitrogens is 1. The summed E-state index contributed by atoms with van der Waals surface area (Å²) in [5.41, 5.74) is 1.64. The van der Waals surface area contributed by atoms with E-state index in [0.29, 0.717) is 41.8 Å². The first-order valence-corrected chi connectivity index (χ1v) is 15.7. The summed E-state index contributed by atoms with van der Waals surface area (Å²) in [5, 5.41) is 6.60. The van der Waals surface area contributed by atoms with Crippen LogP contribution in [0.1, 0.15) is 52.9 Å². The molecule has 3 heterocycles. The van der Waals surface area contributed by atoms with Gasteiger partial charge in [-0.25, -0.2) is 4.79 Å². The largest absolute Gasteiger partial charge is 0.493 e. The quantitative estimate of drug-likeness (QED) is 0.263. The zero-order valence-corrected chi connectivity index (χ0v) is 26.2. The van der Waals surface area contributed by atoms with Gasteiger partial charge in [0.1, 0.15) is 18.1 Å². The number of amides is 2. The van der Waals surface area contributed by atoms with Gasteiger partial charge in [-0.05, 0) is 100 Å². The number of carbonyl (C=O) groups is 1. The third-order valence-electron chi connectivity index (χ3n) is 8.37. The first kappa shape index (κ1) is 30.9. The number of fused-ring (bicyclic) bond motifs is 1. The average Bonchev–Trinajstić information content (AvgIpc) is 3.53. The molecule has 9 heteroatoms. The van der Waals surface area contributed by atoms with Gasteiger partial charge in [0.15, 0.2) is 11.5 Å². The van der Waals surface area contributed by atoms with Gasteiger partial charge in [-0.2, -0.15) is 0 Å². The van der Waals surface area contributed by atoms with Gasteiger partial charge in [0.25, 0.3) is 0 Å². The number of hydrogen-bond acceptors (Lipinski definition) is 7. The number of rotatable bonds is 11. The van der Waals surface area contributed by atoms with Gasteiger partial charge in [0, 0.05) is 42.5 Å². The van der Waals surface area contributed by atoms with Crippen LogP contribution in [0.4, 0.5) is 10.5 Å². The van der Waals surface area contributed by atoms with Crippen LogP contribution in [0.3, 0.4) is 0 Å². The van der Waals surface area contributed by atoms with Crippen molar-refractivity contribution < 1.29 is 19.0 Å². The Morgan fingerprint density at radius 3 is 2.42 bits per heavy atom. The molecule has 1 aromatic heterocycles. The van der Waals surface area contributed by atoms with E-state index in [1.807, 2.05) is 42.5 Å². The van der Waals surface area contributed by atoms with Gasteiger partial charge in [-0.3, -0.25) is 9.88 Å². The number of ether oxygens (including phenoxy) is 3. The summed E-state index contributed by atoms with van der Waals surface area (Å²) in [6, 6.07) is 13.5. The second kappa shape index (κ2) is 14.3. The van der Waals surface area contributed by atoms with Crippen LogP contribution in [-0.4, -0.2) is 79.8 Å². The minimum Gasteiger partial charge on any atom is -0.493 e. The van der Waals surface area contributed by atoms with E-state index in [1.165, 1.54) is 38.8 Å². The lowest BCUT2D eigenvalue weighted by Gasteiger charge is -2.36. The van der Waals surface area contributed by atoms with Crippen molar-refractivity contribution in [1.29, 1.82) is 0 Å². The maximum Gasteiger partial charge on any atom is 0.319 e. The fourth-order valence-corrected chi connectivity index (χ4v) is 5.85. The van der Waals surface area contributed by atoms with E-state index in [9.17, 15) is 4.79 Å². The molecule has 2 aliphatic heterocycles. The predicted molar refractivity (Wildman–Crippen MR) is 172 cm³/mol. The average molecular weight is 590 g/mol. The highest BCUT2D eigenvalue weighted by molar-refractivity contribution is 5.89. The van der Waals surface area contributed by atoms with E-state index in [2.05, 4.69) is 46.2 Å². The number of carbonyl (C=O) groups excluding carboxylic acids is 1. The monoisotopic (exact) mass is 589 g/mol. The molecule has 2 amide bonds. The van der Waals surface area contributed by atoms with E-state index in [4.69, 9.17) is 14.2 Å². The van der Waals surface area contributed by atoms with Gasteiger partial charge in [0.2, 0.25) is 0 Å². The molecule has 0 atom stereocenters. The highest BCUT2D eigenvalue weighted by Crippen LogP contribution is 2.37. The minimum atomic E-state index is -0.217. The Morgan fingerprint density at radius 1 is 0.977 bits per heavy atom. The Hall–Kier alpha value is -3.56. The first-order valence-electron chi connectivity index (χ1n) is 15.7. The van der Waals surface area contributed by atoms with E-state index in [1.54, 1.807) is 13.3 Å². The van der Waals surface area contributed by atoms with Gasteiger partial charge < -0.3 is 29.7 Å². The zero-order chi connectivity index (χ0) is 30.2. The molecular formula is C34H47N5O4. The van der Waals surface area contributed by atoms with Crippen molar-refractivity contribution in [2.24, 2.45) is 5.41 Å². The summed E-state index contributed by atoms with van der Waals surface area (Å²) in [6.07, 6.45) is 7.85. The fraction of sp³-hybridized carbons (Fsp3) is 0.529. The molecular weight excluding hydrogens is 542 g/mol. The molecule has 5 rings (SSSR count). The highest BCUT2D eigenvalue weighted by atomic mass is 16.5. The number of benzene rings is 2. The van der Waals surface area contributed by atoms with Crippen LogP contribution in [0.25, 0.3) is 10.9 Å². The lowest BCUT2D eigenvalue weighted by atomic mass is 9.92. The molecule has 232 valence electrons. The van der Waals surface area contributed by atoms with Crippen molar-refractivity contribution in [3.63, 3.8) is 0 Å². The predicted octanol–water partition coefficient (Wildman–Crippen LogP) is 6.53. The molecule has 3 aromatic rings. The van der Waals surface area contributed by atoms with Crippen LogP contribution in [0, 0.1) is 5.41 Å². The van der Waals surface area contributed by atoms with Crippen molar-refractivity contribution in [2.45, 2.75) is 58.9 Å². The maximum atomic E-state index is 12.2. The van der Waals surface area contributed by atoms with E-state index < -0.39 is 0 Å². The molecule has 9 nitrogen and oxygen atoms in total. The smallest absolute Gasteiger partial charge is 0.319 e. The molecule has 2 aromatic carbocycles. The van der Waals surface area contributed by atoms with Crippen LogP contribution in [0.2, 0.25) is 0 Å². The van der Waals surface area contributed by atoms with Crippen LogP contribution >= 0.6 is 0 Å². The number of nitrogens with one attached hydrogen (secondary N) is 2. The summed E-state index contributed by atoms with van der Waals surface area (Å²) < 4.78 is 18.1. The Balaban J connectivity index is 1.15. The van der Waals surface area contributed by atoms with Crippen molar-refractivity contribution in [3.05, 3.63) is 48.7 Å². The molecule has 0 aliphatic carbocycles. The number of methoxy groups -OCH3 is 1. The van der Waals surface area contributed by atoms with Crippen LogP contribution in [0.5, 0.6) is 23.0 Å². The number of piperidine rings is 1. The van der Waals surface area contributed by atoms with Gasteiger partial charge in [-0.15, -0.1) is 0 Å². The van der Waals surface area contributed by atoms with E-state index in [-0.39, 0.29) is 11.4 Å². The van der Waals surface area contributed by atoms with Crippen LogP contribution in [0.15, 0.2) is 48.7 Å². The van der Waals surface area contributed by atoms with Crippen LogP contribution < -0.4 is 24.8 Å². The summed E-state index contributed by atoms with van der Waals surface area (Å²) in [5.74, 6) is 2.65. The molecule has 2 fully saturated rings. The molecule has 2 N–H and O–H groups in total. The number of likely N-dealkylation sites (tertiary alicyclic amines) is 2. The van der Waals surface area contributed by atoms with Crippen molar-refractivity contribution in [1.82, 2.24) is 20.1 Å². The number of anilines is 1. The number of nitrogens with zero attached hydrogens (tertiary/aromatic N) is 3. The number of urea groups is 1. The Labute approximate surface area is 255 Å². The van der Waals surface area contributed by atoms with Crippen molar-refractivity contribution in [3.8, 4) is 23.0 Å². The molecule has 0 bridgehead atoms. The third kappa shape index (κ3) is 8.74. The molecule has 0 unspecified atom stereocenters. The lowest BCUT2D eigenvalue weighted by molar-refractivity contribution is 0.114. The fourth-order valence-electron chi connectivity index (χ4n) is 5.85. The van der Waals surface area contributed by atoms with Gasteiger partial charge in [-0.1, -0.05) is 20.8 Å². The standard InChI is InChI=1S/C34H47N5O4/c1-34(2,3)14-16-36-33(40)37-25-7-9-27(10-8-25)43-30-11-15-35-29-24-32(31(41-4)23-28(29)30)42-22-21-38-19-12-26(13-20-38)39-17-5-6-18-39/h7-11,15,23-24,26H,5-6,12-14,16-22H2,1-4H3,(H2,36,37,40). The topological polar surface area (TPSA) is 88.2 Å². The molecule has 2 aliphatic rings. The van der Waals surface area contributed by atoms with E-state index >= 15 is 0 Å². The first-order chi connectivity index (χ1) is 20.8. The molecule has 0 spiro atoms. The van der Waals surface area contributed by atoms with Crippen LogP contribution in [-0.2, 0) is 0 Å². The summed E-state index contributed by atoms with van der Waals surface area (Å²) in [6.45, 7) is 13.4. The molecule has 0 radical (unpaired) electrons. The van der Waals surface area contributed by atoms with Crippen molar-refractivity contribution >= 4 is 22.6 Å². The second-order valence-electron chi connectivity index (χ2n) is 12.8. The Kier molecular flexibility index (Phi) is 10.3. The number of pyridine rings is 1.